The van der Waals surface area contributed by atoms with Gasteiger partial charge in [0, 0.05) is 24.5 Å². The minimum atomic E-state index is 0.143. The highest BCUT2D eigenvalue weighted by Crippen LogP contribution is 2.36. The van der Waals surface area contributed by atoms with Crippen molar-refractivity contribution in [1.82, 2.24) is 9.88 Å². The molecule has 0 spiro atoms. The SMILES string of the molecule is CCc1cc2cc3c(cc2nc1SCC(=O)N1CCOCC1)OCCO3. The lowest BCUT2D eigenvalue weighted by atomic mass is 10.1. The van der Waals surface area contributed by atoms with E-state index in [1.165, 1.54) is 11.8 Å². The molecule has 1 saturated heterocycles. The monoisotopic (exact) mass is 374 g/mol. The van der Waals surface area contributed by atoms with Gasteiger partial charge in [0.15, 0.2) is 11.5 Å². The maximum absolute atomic E-state index is 12.4. The maximum atomic E-state index is 12.4. The van der Waals surface area contributed by atoms with Crippen molar-refractivity contribution in [3.05, 3.63) is 23.8 Å². The second-order valence-electron chi connectivity index (χ2n) is 6.28. The van der Waals surface area contributed by atoms with Crippen molar-refractivity contribution in [3.8, 4) is 11.5 Å². The van der Waals surface area contributed by atoms with Crippen LogP contribution in [0.2, 0.25) is 0 Å². The van der Waals surface area contributed by atoms with E-state index in [9.17, 15) is 4.79 Å². The average molecular weight is 374 g/mol. The van der Waals surface area contributed by atoms with Crippen LogP contribution in [0, 0.1) is 0 Å². The Kier molecular flexibility index (Phi) is 5.17. The number of amides is 1. The molecule has 0 aliphatic carbocycles. The molecule has 6 nitrogen and oxygen atoms in total. The molecule has 1 fully saturated rings. The van der Waals surface area contributed by atoms with Gasteiger partial charge in [0.1, 0.15) is 18.2 Å². The Balaban J connectivity index is 1.56. The second kappa shape index (κ2) is 7.72. The number of hydrogen-bond acceptors (Lipinski definition) is 6. The summed E-state index contributed by atoms with van der Waals surface area (Å²) in [6.45, 7) is 5.83. The third kappa shape index (κ3) is 3.59. The van der Waals surface area contributed by atoms with Crippen LogP contribution in [0.1, 0.15) is 12.5 Å². The van der Waals surface area contributed by atoms with Crippen LogP contribution in [0.3, 0.4) is 0 Å². The minimum absolute atomic E-state index is 0.143. The summed E-state index contributed by atoms with van der Waals surface area (Å²) < 4.78 is 16.6. The topological polar surface area (TPSA) is 60.9 Å². The molecule has 26 heavy (non-hydrogen) atoms. The molecular formula is C19H22N2O4S. The molecule has 2 aliphatic heterocycles. The summed E-state index contributed by atoms with van der Waals surface area (Å²) in [6.07, 6.45) is 0.867. The van der Waals surface area contributed by atoms with Gasteiger partial charge in [0.2, 0.25) is 5.91 Å². The Morgan fingerprint density at radius 1 is 1.12 bits per heavy atom. The fourth-order valence-electron chi connectivity index (χ4n) is 3.15. The number of pyridine rings is 1. The number of aryl methyl sites for hydroxylation is 1. The van der Waals surface area contributed by atoms with E-state index in [1.807, 2.05) is 17.0 Å². The zero-order valence-electron chi connectivity index (χ0n) is 14.8. The van der Waals surface area contributed by atoms with Gasteiger partial charge in [-0.05, 0) is 24.1 Å². The molecule has 0 saturated carbocycles. The molecule has 138 valence electrons. The molecule has 0 unspecified atom stereocenters. The first-order chi connectivity index (χ1) is 12.7. The fourth-order valence-corrected chi connectivity index (χ4v) is 4.14. The number of fused-ring (bicyclic) bond motifs is 2. The third-order valence-electron chi connectivity index (χ3n) is 4.59. The first-order valence-corrected chi connectivity index (χ1v) is 9.95. The van der Waals surface area contributed by atoms with Gasteiger partial charge < -0.3 is 19.1 Å². The van der Waals surface area contributed by atoms with Crippen molar-refractivity contribution in [1.29, 1.82) is 0 Å². The van der Waals surface area contributed by atoms with Crippen LogP contribution in [-0.2, 0) is 16.0 Å². The molecule has 1 amide bonds. The number of hydrogen-bond donors (Lipinski definition) is 0. The zero-order chi connectivity index (χ0) is 17.9. The molecule has 1 aromatic carbocycles. The molecule has 0 radical (unpaired) electrons. The molecule has 3 heterocycles. The third-order valence-corrected chi connectivity index (χ3v) is 5.61. The molecule has 0 N–H and O–H groups in total. The largest absolute Gasteiger partial charge is 0.486 e. The van der Waals surface area contributed by atoms with Gasteiger partial charge in [-0.15, -0.1) is 0 Å². The van der Waals surface area contributed by atoms with Crippen molar-refractivity contribution in [2.24, 2.45) is 0 Å². The Morgan fingerprint density at radius 2 is 1.85 bits per heavy atom. The van der Waals surface area contributed by atoms with E-state index >= 15 is 0 Å². The van der Waals surface area contributed by atoms with E-state index in [0.29, 0.717) is 45.3 Å². The molecule has 7 heteroatoms. The Bertz CT molecular complexity index is 821. The molecule has 4 rings (SSSR count). The van der Waals surface area contributed by atoms with Gasteiger partial charge in [-0.1, -0.05) is 18.7 Å². The highest BCUT2D eigenvalue weighted by atomic mass is 32.2. The number of benzene rings is 1. The number of morpholine rings is 1. The van der Waals surface area contributed by atoms with Gasteiger partial charge in [-0.2, -0.15) is 0 Å². The summed E-state index contributed by atoms with van der Waals surface area (Å²) in [5.74, 6) is 2.05. The first-order valence-electron chi connectivity index (χ1n) is 8.96. The number of rotatable bonds is 4. The normalized spacial score (nSPS) is 16.7. The Morgan fingerprint density at radius 3 is 2.58 bits per heavy atom. The van der Waals surface area contributed by atoms with Crippen LogP contribution in [0.5, 0.6) is 11.5 Å². The summed E-state index contributed by atoms with van der Waals surface area (Å²) in [7, 11) is 0. The number of carbonyl (C=O) groups excluding carboxylic acids is 1. The van der Waals surface area contributed by atoms with E-state index in [1.54, 1.807) is 0 Å². The summed E-state index contributed by atoms with van der Waals surface area (Å²) in [5.41, 5.74) is 2.02. The van der Waals surface area contributed by atoms with Crippen molar-refractivity contribution in [2.45, 2.75) is 18.4 Å². The molecule has 0 atom stereocenters. The molecule has 2 aromatic rings. The van der Waals surface area contributed by atoms with Crippen LogP contribution in [-0.4, -0.2) is 61.1 Å². The second-order valence-corrected chi connectivity index (χ2v) is 7.24. The lowest BCUT2D eigenvalue weighted by molar-refractivity contribution is -0.132. The number of ether oxygens (including phenoxy) is 3. The molecule has 2 aliphatic rings. The predicted molar refractivity (Wildman–Crippen MR) is 100 cm³/mol. The highest BCUT2D eigenvalue weighted by Gasteiger charge is 2.19. The predicted octanol–water partition coefficient (Wildman–Crippen LogP) is 2.52. The first kappa shape index (κ1) is 17.4. The van der Waals surface area contributed by atoms with E-state index < -0.39 is 0 Å². The van der Waals surface area contributed by atoms with Gasteiger partial charge in [-0.25, -0.2) is 4.98 Å². The van der Waals surface area contributed by atoms with E-state index in [-0.39, 0.29) is 5.91 Å². The van der Waals surface area contributed by atoms with Crippen LogP contribution in [0.15, 0.2) is 23.2 Å². The van der Waals surface area contributed by atoms with Crippen LogP contribution < -0.4 is 9.47 Å². The Hall–Kier alpha value is -1.99. The average Bonchev–Trinajstić information content (AvgIpc) is 2.70. The fraction of sp³-hybridized carbons (Fsp3) is 0.474. The van der Waals surface area contributed by atoms with Crippen LogP contribution >= 0.6 is 11.8 Å². The van der Waals surface area contributed by atoms with E-state index in [4.69, 9.17) is 19.2 Å². The van der Waals surface area contributed by atoms with Gasteiger partial charge in [0.05, 0.1) is 24.5 Å². The summed E-state index contributed by atoms with van der Waals surface area (Å²) in [4.78, 5) is 19.1. The standard InChI is InChI=1S/C19H22N2O4S/c1-2-13-9-14-10-16-17(25-8-7-24-16)11-15(14)20-19(13)26-12-18(22)21-3-5-23-6-4-21/h9-11H,2-8,12H2,1H3. The number of aromatic nitrogens is 1. The van der Waals surface area contributed by atoms with E-state index in [0.717, 1.165) is 39.4 Å². The van der Waals surface area contributed by atoms with Gasteiger partial charge in [0.25, 0.3) is 0 Å². The smallest absolute Gasteiger partial charge is 0.233 e. The number of thioether (sulfide) groups is 1. The minimum Gasteiger partial charge on any atom is -0.486 e. The van der Waals surface area contributed by atoms with Crippen molar-refractivity contribution in [3.63, 3.8) is 0 Å². The molecule has 0 bridgehead atoms. The summed E-state index contributed by atoms with van der Waals surface area (Å²) in [5, 5.41) is 1.95. The lowest BCUT2D eigenvalue weighted by Crippen LogP contribution is -2.41. The molecule has 1 aromatic heterocycles. The van der Waals surface area contributed by atoms with Gasteiger partial charge in [-0.3, -0.25) is 4.79 Å². The lowest BCUT2D eigenvalue weighted by Gasteiger charge is -2.26. The van der Waals surface area contributed by atoms with Crippen LogP contribution in [0.25, 0.3) is 10.9 Å². The summed E-state index contributed by atoms with van der Waals surface area (Å²) in [6, 6.07) is 6.06. The zero-order valence-corrected chi connectivity index (χ0v) is 15.6. The highest BCUT2D eigenvalue weighted by molar-refractivity contribution is 7.99. The van der Waals surface area contributed by atoms with Crippen molar-refractivity contribution < 1.29 is 19.0 Å². The quantitative estimate of drug-likeness (QED) is 0.767. The molecular weight excluding hydrogens is 352 g/mol. The van der Waals surface area contributed by atoms with E-state index in [2.05, 4.69) is 13.0 Å². The number of nitrogens with zero attached hydrogens (tertiary/aromatic N) is 2. The maximum Gasteiger partial charge on any atom is 0.233 e. The van der Waals surface area contributed by atoms with Crippen LogP contribution in [0.4, 0.5) is 0 Å². The van der Waals surface area contributed by atoms with Crippen molar-refractivity contribution in [2.75, 3.05) is 45.3 Å². The number of carbonyl (C=O) groups is 1. The Labute approximate surface area is 156 Å². The summed E-state index contributed by atoms with van der Waals surface area (Å²) >= 11 is 1.51. The van der Waals surface area contributed by atoms with Crippen molar-refractivity contribution >= 4 is 28.6 Å². The van der Waals surface area contributed by atoms with Gasteiger partial charge >= 0.3 is 0 Å².